The van der Waals surface area contributed by atoms with Gasteiger partial charge in [-0.25, -0.2) is 8.79 Å². The predicted molar refractivity (Wildman–Crippen MR) is 122 cm³/mol. The van der Waals surface area contributed by atoms with Gasteiger partial charge in [0.2, 0.25) is 5.91 Å². The van der Waals surface area contributed by atoms with Crippen molar-refractivity contribution in [3.63, 3.8) is 0 Å². The number of carbonyl (C=O) groups excluding carboxylic acids is 1. The topological polar surface area (TPSA) is 56.1 Å². The van der Waals surface area contributed by atoms with E-state index >= 15 is 4.39 Å². The Morgan fingerprint density at radius 1 is 1.30 bits per heavy atom. The normalized spacial score (nSPS) is 18.5. The van der Waals surface area contributed by atoms with Crippen molar-refractivity contribution in [2.75, 3.05) is 26.2 Å². The highest BCUT2D eigenvalue weighted by molar-refractivity contribution is 8.01. The molecule has 30 heavy (non-hydrogen) atoms. The molecule has 1 aromatic rings. The van der Waals surface area contributed by atoms with E-state index in [9.17, 15) is 9.90 Å². The molecule has 1 aromatic carbocycles. The summed E-state index contributed by atoms with van der Waals surface area (Å²) in [5.74, 6) is -0.542. The number of rotatable bonds is 5. The van der Waals surface area contributed by atoms with Crippen molar-refractivity contribution in [3.8, 4) is 5.75 Å². The molecule has 1 heterocycles. The molecule has 1 aliphatic heterocycles. The minimum absolute atomic E-state index is 0.0428. The van der Waals surface area contributed by atoms with E-state index in [2.05, 4.69) is 17.6 Å². The predicted octanol–water partition coefficient (Wildman–Crippen LogP) is 4.80. The fourth-order valence-corrected chi connectivity index (χ4v) is 4.23. The quantitative estimate of drug-likeness (QED) is 0.520. The molecule has 1 saturated heterocycles. The van der Waals surface area contributed by atoms with Crippen LogP contribution < -0.4 is 0 Å². The maximum atomic E-state index is 15.3. The van der Waals surface area contributed by atoms with Gasteiger partial charge in [0.25, 0.3) is 0 Å². The second-order valence-corrected chi connectivity index (χ2v) is 8.23. The first-order valence-electron chi connectivity index (χ1n) is 9.47. The molecular weight excluding hydrogens is 425 g/mol. The number of hydrogen-bond donors (Lipinski definition) is 1. The van der Waals surface area contributed by atoms with Crippen LogP contribution in [0, 0.1) is 6.92 Å². The zero-order chi connectivity index (χ0) is 21.8. The molecule has 5 nitrogen and oxygen atoms in total. The minimum Gasteiger partial charge on any atom is -0.508 e. The maximum Gasteiger partial charge on any atom is 0.246 e. The highest BCUT2D eigenvalue weighted by atomic mass is 35.5. The molecule has 0 bridgehead atoms. The summed E-state index contributed by atoms with van der Waals surface area (Å²) in [6.45, 7) is 11.8. The van der Waals surface area contributed by atoms with Gasteiger partial charge in [0.1, 0.15) is 5.75 Å². The maximum absolute atomic E-state index is 15.3. The highest BCUT2D eigenvalue weighted by Crippen LogP contribution is 2.38. The standard InChI is InChI=1S/C22H23ClFN3O2S/c1-4-20(29)27-11-9-26(10-12-27)15(3)30-25-19-8-7-18(23)21(22(19)24)17-13-16(28)6-5-14(17)2/h4-7,13,28H,1,3,8-12H2,2H3/b25-19+. The lowest BCUT2D eigenvalue weighted by Crippen LogP contribution is -2.47. The molecule has 8 heteroatoms. The number of benzene rings is 1. The number of nitrogens with zero attached hydrogens (tertiary/aromatic N) is 3. The number of allylic oxidation sites excluding steroid dienone is 4. The molecule has 1 N–H and O–H groups in total. The van der Waals surface area contributed by atoms with Crippen LogP contribution in [0.5, 0.6) is 5.75 Å². The molecule has 0 saturated carbocycles. The second kappa shape index (κ2) is 9.53. The van der Waals surface area contributed by atoms with Gasteiger partial charge in [-0.1, -0.05) is 36.9 Å². The van der Waals surface area contributed by atoms with Crippen molar-refractivity contribution in [1.82, 2.24) is 9.80 Å². The molecule has 158 valence electrons. The summed E-state index contributed by atoms with van der Waals surface area (Å²) in [6, 6.07) is 4.77. The van der Waals surface area contributed by atoms with Crippen molar-refractivity contribution >= 4 is 40.7 Å². The third-order valence-electron chi connectivity index (χ3n) is 5.06. The molecule has 0 radical (unpaired) electrons. The Hall–Kier alpha value is -2.51. The molecule has 0 atom stereocenters. The van der Waals surface area contributed by atoms with E-state index in [0.29, 0.717) is 41.8 Å². The number of phenols is 1. The first-order valence-corrected chi connectivity index (χ1v) is 10.6. The van der Waals surface area contributed by atoms with E-state index in [1.54, 1.807) is 23.1 Å². The van der Waals surface area contributed by atoms with Gasteiger partial charge in [-0.2, -0.15) is 0 Å². The largest absolute Gasteiger partial charge is 0.508 e. The molecular formula is C22H23ClFN3O2S. The van der Waals surface area contributed by atoms with E-state index < -0.39 is 5.83 Å². The van der Waals surface area contributed by atoms with E-state index in [4.69, 9.17) is 11.6 Å². The van der Waals surface area contributed by atoms with Gasteiger partial charge < -0.3 is 14.9 Å². The van der Waals surface area contributed by atoms with E-state index in [0.717, 1.165) is 17.5 Å². The zero-order valence-corrected chi connectivity index (χ0v) is 18.3. The molecule has 1 fully saturated rings. The Morgan fingerprint density at radius 3 is 2.63 bits per heavy atom. The summed E-state index contributed by atoms with van der Waals surface area (Å²) >= 11 is 7.41. The van der Waals surface area contributed by atoms with E-state index in [1.807, 2.05) is 11.8 Å². The average molecular weight is 448 g/mol. The second-order valence-electron chi connectivity index (χ2n) is 6.98. The summed E-state index contributed by atoms with van der Waals surface area (Å²) in [7, 11) is 0. The fourth-order valence-electron chi connectivity index (χ4n) is 3.30. The highest BCUT2D eigenvalue weighted by Gasteiger charge is 2.24. The van der Waals surface area contributed by atoms with Crippen molar-refractivity contribution in [3.05, 3.63) is 70.5 Å². The molecule has 2 aliphatic rings. The van der Waals surface area contributed by atoms with Crippen LogP contribution in [-0.4, -0.2) is 52.7 Å². The van der Waals surface area contributed by atoms with Gasteiger partial charge >= 0.3 is 0 Å². The third-order valence-corrected chi connectivity index (χ3v) is 6.18. The lowest BCUT2D eigenvalue weighted by atomic mass is 9.94. The molecule has 3 rings (SSSR count). The van der Waals surface area contributed by atoms with E-state index in [-0.39, 0.29) is 29.4 Å². The van der Waals surface area contributed by atoms with Crippen LogP contribution in [0.1, 0.15) is 17.5 Å². The molecule has 1 amide bonds. The third kappa shape index (κ3) is 4.79. The average Bonchev–Trinajstić information content (AvgIpc) is 2.75. The number of aromatic hydroxyl groups is 1. The minimum atomic E-state index is -0.502. The van der Waals surface area contributed by atoms with Crippen LogP contribution in [0.2, 0.25) is 0 Å². The Balaban J connectivity index is 1.74. The zero-order valence-electron chi connectivity index (χ0n) is 16.7. The SMILES string of the molecule is C=CC(=O)N1CCN(C(=C)S/N=C2\CC=C(Cl)C(c3cc(O)ccc3C)=C2F)CC1. The van der Waals surface area contributed by atoms with Crippen molar-refractivity contribution in [1.29, 1.82) is 0 Å². The monoisotopic (exact) mass is 447 g/mol. The molecule has 0 unspecified atom stereocenters. The lowest BCUT2D eigenvalue weighted by molar-refractivity contribution is -0.127. The molecule has 0 spiro atoms. The van der Waals surface area contributed by atoms with Crippen molar-refractivity contribution in [2.24, 2.45) is 4.40 Å². The van der Waals surface area contributed by atoms with Crippen LogP contribution in [0.15, 0.2) is 63.8 Å². The summed E-state index contributed by atoms with van der Waals surface area (Å²) in [4.78, 5) is 15.4. The van der Waals surface area contributed by atoms with Crippen LogP contribution >= 0.6 is 23.5 Å². The van der Waals surface area contributed by atoms with Crippen LogP contribution in [-0.2, 0) is 4.79 Å². The first-order chi connectivity index (χ1) is 14.3. The molecule has 1 aliphatic carbocycles. The number of phenolic OH excluding ortho intramolecular Hbond substituents is 1. The van der Waals surface area contributed by atoms with Gasteiger partial charge in [-0.05, 0) is 36.3 Å². The van der Waals surface area contributed by atoms with Crippen molar-refractivity contribution in [2.45, 2.75) is 13.3 Å². The Morgan fingerprint density at radius 2 is 1.97 bits per heavy atom. The first kappa shape index (κ1) is 22.2. The van der Waals surface area contributed by atoms with Crippen molar-refractivity contribution < 1.29 is 14.3 Å². The van der Waals surface area contributed by atoms with Gasteiger partial charge in [0, 0.05) is 55.2 Å². The summed E-state index contributed by atoms with van der Waals surface area (Å²) in [5, 5.41) is 10.8. The smallest absolute Gasteiger partial charge is 0.246 e. The number of aryl methyl sites for hydroxylation is 1. The number of hydrogen-bond acceptors (Lipinski definition) is 5. The Kier molecular flexibility index (Phi) is 7.05. The van der Waals surface area contributed by atoms with Gasteiger partial charge in [0.05, 0.1) is 10.7 Å². The Bertz CT molecular complexity index is 979. The van der Waals surface area contributed by atoms with Crippen LogP contribution in [0.25, 0.3) is 5.57 Å². The van der Waals surface area contributed by atoms with E-state index in [1.165, 1.54) is 12.1 Å². The van der Waals surface area contributed by atoms with Gasteiger partial charge in [-0.3, -0.25) is 4.79 Å². The summed E-state index contributed by atoms with van der Waals surface area (Å²) in [5.41, 5.74) is 1.84. The Labute approximate surface area is 185 Å². The summed E-state index contributed by atoms with van der Waals surface area (Å²) in [6.07, 6.45) is 3.30. The fraction of sp³-hybridized carbons (Fsp3) is 0.273. The number of halogens is 2. The lowest BCUT2D eigenvalue weighted by Gasteiger charge is -2.35. The van der Waals surface area contributed by atoms with Crippen LogP contribution in [0.4, 0.5) is 4.39 Å². The summed E-state index contributed by atoms with van der Waals surface area (Å²) < 4.78 is 19.6. The van der Waals surface area contributed by atoms with Gasteiger partial charge in [-0.15, -0.1) is 0 Å². The number of carbonyl (C=O) groups is 1. The molecule has 0 aromatic heterocycles. The van der Waals surface area contributed by atoms with Crippen LogP contribution in [0.3, 0.4) is 0 Å². The number of piperazine rings is 1. The number of amides is 1. The van der Waals surface area contributed by atoms with Gasteiger partial charge in [0.15, 0.2) is 5.83 Å².